The van der Waals surface area contributed by atoms with Crippen LogP contribution in [-0.4, -0.2) is 19.6 Å². The van der Waals surface area contributed by atoms with E-state index in [1.165, 1.54) is 19.2 Å². The number of nitrogens with one attached hydrogen (secondary N) is 1. The first-order valence-corrected chi connectivity index (χ1v) is 6.47. The largest absolute Gasteiger partial charge is 0.496 e. The summed E-state index contributed by atoms with van der Waals surface area (Å²) in [5, 5.41) is 2.68. The van der Waals surface area contributed by atoms with Crippen molar-refractivity contribution in [2.75, 3.05) is 13.7 Å². The van der Waals surface area contributed by atoms with Crippen molar-refractivity contribution in [2.45, 2.75) is 6.42 Å². The van der Waals surface area contributed by atoms with Gasteiger partial charge in [-0.3, -0.25) is 4.79 Å². The number of carbonyl (C=O) groups is 1. The molecule has 0 aliphatic heterocycles. The van der Waals surface area contributed by atoms with Gasteiger partial charge in [-0.2, -0.15) is 0 Å². The van der Waals surface area contributed by atoms with Crippen LogP contribution in [0.25, 0.3) is 0 Å². The standard InChI is InChI=1S/C16H15F2NO2/c1-21-15-5-3-2-4-13(15)16(20)19-9-8-11-6-7-12(17)10-14(11)18/h2-7,10H,8-9H2,1H3,(H,19,20). The number of para-hydroxylation sites is 1. The molecule has 2 aromatic carbocycles. The van der Waals surface area contributed by atoms with Crippen LogP contribution in [0, 0.1) is 11.6 Å². The van der Waals surface area contributed by atoms with Gasteiger partial charge in [0.1, 0.15) is 17.4 Å². The minimum Gasteiger partial charge on any atom is -0.496 e. The smallest absolute Gasteiger partial charge is 0.255 e. The summed E-state index contributed by atoms with van der Waals surface area (Å²) in [6.07, 6.45) is 0.285. The Morgan fingerprint density at radius 3 is 2.67 bits per heavy atom. The average Bonchev–Trinajstić information content (AvgIpc) is 2.49. The summed E-state index contributed by atoms with van der Waals surface area (Å²) in [6.45, 7) is 0.249. The highest BCUT2D eigenvalue weighted by Gasteiger charge is 2.11. The molecule has 0 aliphatic rings. The SMILES string of the molecule is COc1ccccc1C(=O)NCCc1ccc(F)cc1F. The Morgan fingerprint density at radius 2 is 1.95 bits per heavy atom. The number of carbonyl (C=O) groups excluding carboxylic acids is 1. The molecule has 0 atom stereocenters. The zero-order valence-corrected chi connectivity index (χ0v) is 11.5. The highest BCUT2D eigenvalue weighted by molar-refractivity contribution is 5.96. The zero-order chi connectivity index (χ0) is 15.2. The fourth-order valence-corrected chi connectivity index (χ4v) is 1.96. The van der Waals surface area contributed by atoms with Crippen molar-refractivity contribution in [1.82, 2.24) is 5.32 Å². The molecule has 21 heavy (non-hydrogen) atoms. The van der Waals surface area contributed by atoms with Crippen molar-refractivity contribution in [3.05, 3.63) is 65.2 Å². The third-order valence-electron chi connectivity index (χ3n) is 3.05. The van der Waals surface area contributed by atoms with Gasteiger partial charge in [0.05, 0.1) is 12.7 Å². The van der Waals surface area contributed by atoms with Gasteiger partial charge in [0.15, 0.2) is 0 Å². The number of hydrogen-bond donors (Lipinski definition) is 1. The van der Waals surface area contributed by atoms with Crippen LogP contribution in [-0.2, 0) is 6.42 Å². The third kappa shape index (κ3) is 3.78. The van der Waals surface area contributed by atoms with Gasteiger partial charge >= 0.3 is 0 Å². The van der Waals surface area contributed by atoms with Gasteiger partial charge in [-0.15, -0.1) is 0 Å². The van der Waals surface area contributed by atoms with E-state index in [1.807, 2.05) is 0 Å². The van der Waals surface area contributed by atoms with Crippen molar-refractivity contribution >= 4 is 5.91 Å². The van der Waals surface area contributed by atoms with Crippen LogP contribution in [0.5, 0.6) is 5.75 Å². The molecule has 2 aromatic rings. The molecule has 1 N–H and O–H groups in total. The number of methoxy groups -OCH3 is 1. The van der Waals surface area contributed by atoms with E-state index in [2.05, 4.69) is 5.32 Å². The van der Waals surface area contributed by atoms with Crippen LogP contribution in [0.1, 0.15) is 15.9 Å². The molecule has 0 saturated carbocycles. The van der Waals surface area contributed by atoms with Gasteiger partial charge in [-0.05, 0) is 30.2 Å². The van der Waals surface area contributed by atoms with Crippen LogP contribution in [0.15, 0.2) is 42.5 Å². The lowest BCUT2D eigenvalue weighted by atomic mass is 10.1. The van der Waals surface area contributed by atoms with Gasteiger partial charge in [0, 0.05) is 12.6 Å². The Labute approximate surface area is 121 Å². The van der Waals surface area contributed by atoms with Gasteiger partial charge in [-0.25, -0.2) is 8.78 Å². The first-order chi connectivity index (χ1) is 10.1. The molecule has 0 saturated heterocycles. The van der Waals surface area contributed by atoms with Crippen LogP contribution in [0.3, 0.4) is 0 Å². The predicted molar refractivity (Wildman–Crippen MR) is 75.4 cm³/mol. The van der Waals surface area contributed by atoms with E-state index in [-0.39, 0.29) is 18.9 Å². The minimum atomic E-state index is -0.616. The number of ether oxygens (including phenoxy) is 1. The van der Waals surface area contributed by atoms with Crippen molar-refractivity contribution < 1.29 is 18.3 Å². The van der Waals surface area contributed by atoms with E-state index < -0.39 is 11.6 Å². The lowest BCUT2D eigenvalue weighted by Gasteiger charge is -2.09. The molecule has 2 rings (SSSR count). The summed E-state index contributed by atoms with van der Waals surface area (Å²) in [5.41, 5.74) is 0.774. The molecule has 0 aliphatic carbocycles. The number of rotatable bonds is 5. The van der Waals surface area contributed by atoms with Crippen LogP contribution >= 0.6 is 0 Å². The second-order valence-corrected chi connectivity index (χ2v) is 4.44. The topological polar surface area (TPSA) is 38.3 Å². The first-order valence-electron chi connectivity index (χ1n) is 6.47. The Hall–Kier alpha value is -2.43. The molecule has 0 radical (unpaired) electrons. The number of amides is 1. The monoisotopic (exact) mass is 291 g/mol. The Bertz CT molecular complexity index is 644. The summed E-state index contributed by atoms with van der Waals surface area (Å²) in [5.74, 6) is -1.05. The third-order valence-corrected chi connectivity index (χ3v) is 3.05. The van der Waals surface area contributed by atoms with Crippen molar-refractivity contribution in [1.29, 1.82) is 0 Å². The highest BCUT2D eigenvalue weighted by Crippen LogP contribution is 2.17. The Balaban J connectivity index is 1.95. The van der Waals surface area contributed by atoms with Crippen LogP contribution < -0.4 is 10.1 Å². The Morgan fingerprint density at radius 1 is 1.19 bits per heavy atom. The van der Waals surface area contributed by atoms with Crippen molar-refractivity contribution in [2.24, 2.45) is 0 Å². The number of hydrogen-bond acceptors (Lipinski definition) is 2. The van der Waals surface area contributed by atoms with Gasteiger partial charge in [-0.1, -0.05) is 18.2 Å². The fourth-order valence-electron chi connectivity index (χ4n) is 1.96. The van der Waals surface area contributed by atoms with Gasteiger partial charge in [0.25, 0.3) is 5.91 Å². The summed E-state index contributed by atoms with van der Waals surface area (Å²) < 4.78 is 31.3. The minimum absolute atomic E-state index is 0.249. The summed E-state index contributed by atoms with van der Waals surface area (Å²) in [7, 11) is 1.49. The number of halogens is 2. The maximum Gasteiger partial charge on any atom is 0.255 e. The molecule has 1 amide bonds. The fraction of sp³-hybridized carbons (Fsp3) is 0.188. The molecule has 0 unspecified atom stereocenters. The van der Waals surface area contributed by atoms with Crippen LogP contribution in [0.4, 0.5) is 8.78 Å². The molecular formula is C16H15F2NO2. The Kier molecular flexibility index (Phi) is 4.87. The molecule has 0 heterocycles. The van der Waals surface area contributed by atoms with Gasteiger partial charge in [0.2, 0.25) is 0 Å². The normalized spacial score (nSPS) is 10.2. The molecule has 0 spiro atoms. The second kappa shape index (κ2) is 6.83. The first kappa shape index (κ1) is 15.0. The lowest BCUT2D eigenvalue weighted by Crippen LogP contribution is -2.26. The average molecular weight is 291 g/mol. The lowest BCUT2D eigenvalue weighted by molar-refractivity contribution is 0.0951. The van der Waals surface area contributed by atoms with Crippen molar-refractivity contribution in [3.63, 3.8) is 0 Å². The summed E-state index contributed by atoms with van der Waals surface area (Å²) >= 11 is 0. The molecule has 3 nitrogen and oxygen atoms in total. The molecule has 5 heteroatoms. The second-order valence-electron chi connectivity index (χ2n) is 4.44. The highest BCUT2D eigenvalue weighted by atomic mass is 19.1. The predicted octanol–water partition coefficient (Wildman–Crippen LogP) is 2.95. The summed E-state index contributed by atoms with van der Waals surface area (Å²) in [4.78, 5) is 12.0. The van der Waals surface area contributed by atoms with E-state index in [0.717, 1.165) is 6.07 Å². The molecular weight excluding hydrogens is 276 g/mol. The molecule has 0 aromatic heterocycles. The zero-order valence-electron chi connectivity index (χ0n) is 11.5. The van der Waals surface area contributed by atoms with Crippen LogP contribution in [0.2, 0.25) is 0 Å². The molecule has 0 fully saturated rings. The molecule has 110 valence electrons. The molecule has 0 bridgehead atoms. The summed E-state index contributed by atoms with van der Waals surface area (Å²) in [6, 6.07) is 10.2. The van der Waals surface area contributed by atoms with E-state index in [1.54, 1.807) is 24.3 Å². The maximum absolute atomic E-state index is 13.4. The van der Waals surface area contributed by atoms with E-state index in [0.29, 0.717) is 16.9 Å². The van der Waals surface area contributed by atoms with E-state index >= 15 is 0 Å². The van der Waals surface area contributed by atoms with E-state index in [9.17, 15) is 13.6 Å². The number of benzene rings is 2. The van der Waals surface area contributed by atoms with Crippen molar-refractivity contribution in [3.8, 4) is 5.75 Å². The van der Waals surface area contributed by atoms with E-state index in [4.69, 9.17) is 4.74 Å². The maximum atomic E-state index is 13.4. The van der Waals surface area contributed by atoms with Gasteiger partial charge < -0.3 is 10.1 Å². The quantitative estimate of drug-likeness (QED) is 0.920.